The van der Waals surface area contributed by atoms with Crippen LogP contribution in [0.1, 0.15) is 30.2 Å². The van der Waals surface area contributed by atoms with Crippen LogP contribution in [0.15, 0.2) is 16.5 Å². The van der Waals surface area contributed by atoms with Gasteiger partial charge < -0.3 is 14.1 Å². The van der Waals surface area contributed by atoms with E-state index >= 15 is 0 Å². The number of furan rings is 1. The lowest BCUT2D eigenvalue weighted by Gasteiger charge is -2.14. The number of nitrogens with zero attached hydrogens (tertiary/aromatic N) is 1. The molecule has 17 heavy (non-hydrogen) atoms. The second kappa shape index (κ2) is 6.08. The second-order valence-corrected chi connectivity index (χ2v) is 3.59. The van der Waals surface area contributed by atoms with Gasteiger partial charge in [-0.15, -0.1) is 0 Å². The molecule has 0 bridgehead atoms. The highest BCUT2D eigenvalue weighted by molar-refractivity contribution is 5.93. The third kappa shape index (κ3) is 3.62. The average molecular weight is 239 g/mol. The Labute approximate surface area is 100 Å². The highest BCUT2D eigenvalue weighted by atomic mass is 16.5. The van der Waals surface area contributed by atoms with E-state index in [9.17, 15) is 9.59 Å². The summed E-state index contributed by atoms with van der Waals surface area (Å²) in [4.78, 5) is 24.3. The van der Waals surface area contributed by atoms with E-state index in [1.165, 1.54) is 11.9 Å². The van der Waals surface area contributed by atoms with Gasteiger partial charge in [-0.2, -0.15) is 0 Å². The number of amides is 1. The lowest BCUT2D eigenvalue weighted by atomic mass is 10.3. The zero-order valence-corrected chi connectivity index (χ0v) is 10.4. The first-order valence-corrected chi connectivity index (χ1v) is 5.58. The van der Waals surface area contributed by atoms with Gasteiger partial charge in [-0.05, 0) is 19.1 Å². The summed E-state index contributed by atoms with van der Waals surface area (Å²) in [6.07, 6.45) is 0.731. The summed E-state index contributed by atoms with van der Waals surface area (Å²) in [5.41, 5.74) is 0. The Hall–Kier alpha value is -1.78. The maximum Gasteiger partial charge on any atom is 0.325 e. The first-order valence-electron chi connectivity index (χ1n) is 5.58. The molecule has 1 amide bonds. The van der Waals surface area contributed by atoms with Crippen LogP contribution in [-0.2, 0) is 16.0 Å². The van der Waals surface area contributed by atoms with Gasteiger partial charge >= 0.3 is 5.97 Å². The molecule has 5 nitrogen and oxygen atoms in total. The first-order chi connectivity index (χ1) is 8.08. The van der Waals surface area contributed by atoms with E-state index in [-0.39, 0.29) is 18.2 Å². The minimum Gasteiger partial charge on any atom is -0.465 e. The molecule has 0 unspecified atom stereocenters. The van der Waals surface area contributed by atoms with Crippen LogP contribution in [0.25, 0.3) is 0 Å². The third-order valence-electron chi connectivity index (χ3n) is 2.24. The molecule has 0 atom stereocenters. The SMILES string of the molecule is CCOC(=O)CN(C)C(=O)c1ccc(CC)o1. The molecule has 0 aliphatic heterocycles. The molecule has 0 fully saturated rings. The number of rotatable bonds is 5. The molecule has 1 aromatic rings. The minimum atomic E-state index is -0.425. The molecule has 0 N–H and O–H groups in total. The number of hydrogen-bond donors (Lipinski definition) is 0. The zero-order valence-electron chi connectivity index (χ0n) is 10.4. The van der Waals surface area contributed by atoms with E-state index in [2.05, 4.69) is 0 Å². The normalized spacial score (nSPS) is 10.1. The van der Waals surface area contributed by atoms with Crippen LogP contribution in [-0.4, -0.2) is 37.0 Å². The summed E-state index contributed by atoms with van der Waals surface area (Å²) in [7, 11) is 1.54. The van der Waals surface area contributed by atoms with Crippen molar-refractivity contribution in [3.63, 3.8) is 0 Å². The Bertz CT molecular complexity index is 397. The number of carbonyl (C=O) groups is 2. The van der Waals surface area contributed by atoms with Gasteiger partial charge in [-0.1, -0.05) is 6.92 Å². The largest absolute Gasteiger partial charge is 0.465 e. The first kappa shape index (κ1) is 13.3. The van der Waals surface area contributed by atoms with Crippen LogP contribution in [0.5, 0.6) is 0 Å². The Morgan fingerprint density at radius 3 is 2.59 bits per heavy atom. The number of likely N-dealkylation sites (N-methyl/N-ethyl adjacent to an activating group) is 1. The molecule has 1 aromatic heterocycles. The zero-order chi connectivity index (χ0) is 12.8. The maximum atomic E-state index is 11.8. The molecule has 0 saturated heterocycles. The maximum absolute atomic E-state index is 11.8. The fourth-order valence-electron chi connectivity index (χ4n) is 1.34. The van der Waals surface area contributed by atoms with E-state index in [0.29, 0.717) is 6.61 Å². The number of ether oxygens (including phenoxy) is 1. The fraction of sp³-hybridized carbons (Fsp3) is 0.500. The number of aryl methyl sites for hydroxylation is 1. The highest BCUT2D eigenvalue weighted by Crippen LogP contribution is 2.10. The Morgan fingerprint density at radius 2 is 2.06 bits per heavy atom. The van der Waals surface area contributed by atoms with Gasteiger partial charge in [0, 0.05) is 13.5 Å². The standard InChI is InChI=1S/C12H17NO4/c1-4-9-6-7-10(17-9)12(15)13(3)8-11(14)16-5-2/h6-7H,4-5,8H2,1-3H3. The number of carbonyl (C=O) groups excluding carboxylic acids is 2. The van der Waals surface area contributed by atoms with Crippen molar-refractivity contribution in [2.45, 2.75) is 20.3 Å². The molecule has 0 aliphatic rings. The molecule has 0 radical (unpaired) electrons. The van der Waals surface area contributed by atoms with E-state index in [1.54, 1.807) is 19.1 Å². The molecule has 94 valence electrons. The smallest absolute Gasteiger partial charge is 0.325 e. The molecule has 0 aliphatic carbocycles. The van der Waals surface area contributed by atoms with E-state index in [4.69, 9.17) is 9.15 Å². The van der Waals surface area contributed by atoms with Crippen molar-refractivity contribution in [1.29, 1.82) is 0 Å². The van der Waals surface area contributed by atoms with Crippen molar-refractivity contribution < 1.29 is 18.7 Å². The van der Waals surface area contributed by atoms with Crippen LogP contribution in [0, 0.1) is 0 Å². The summed E-state index contributed by atoms with van der Waals surface area (Å²) >= 11 is 0. The van der Waals surface area contributed by atoms with Crippen molar-refractivity contribution in [3.8, 4) is 0 Å². The van der Waals surface area contributed by atoms with Crippen LogP contribution in [0.3, 0.4) is 0 Å². The summed E-state index contributed by atoms with van der Waals surface area (Å²) < 4.78 is 10.1. The van der Waals surface area contributed by atoms with E-state index in [1.807, 2.05) is 6.92 Å². The van der Waals surface area contributed by atoms with Gasteiger partial charge in [0.05, 0.1) is 6.61 Å². The van der Waals surface area contributed by atoms with Crippen molar-refractivity contribution in [2.24, 2.45) is 0 Å². The third-order valence-corrected chi connectivity index (χ3v) is 2.24. The van der Waals surface area contributed by atoms with Gasteiger partial charge in [0.2, 0.25) is 0 Å². The van der Waals surface area contributed by atoms with Gasteiger partial charge in [0.1, 0.15) is 12.3 Å². The topological polar surface area (TPSA) is 59.8 Å². The fourth-order valence-corrected chi connectivity index (χ4v) is 1.34. The summed E-state index contributed by atoms with van der Waals surface area (Å²) in [5.74, 6) is 0.245. The Morgan fingerprint density at radius 1 is 1.35 bits per heavy atom. The number of hydrogen-bond acceptors (Lipinski definition) is 4. The van der Waals surface area contributed by atoms with Crippen LogP contribution in [0.4, 0.5) is 0 Å². The van der Waals surface area contributed by atoms with Gasteiger partial charge in [-0.3, -0.25) is 9.59 Å². The van der Waals surface area contributed by atoms with Gasteiger partial charge in [0.15, 0.2) is 5.76 Å². The highest BCUT2D eigenvalue weighted by Gasteiger charge is 2.18. The molecular weight excluding hydrogens is 222 g/mol. The van der Waals surface area contributed by atoms with Crippen LogP contribution < -0.4 is 0 Å². The summed E-state index contributed by atoms with van der Waals surface area (Å²) in [5, 5.41) is 0. The number of esters is 1. The Kier molecular flexibility index (Phi) is 4.75. The lowest BCUT2D eigenvalue weighted by molar-refractivity contribution is -0.143. The Balaban J connectivity index is 2.60. The van der Waals surface area contributed by atoms with Crippen LogP contribution in [0.2, 0.25) is 0 Å². The van der Waals surface area contributed by atoms with Crippen molar-refractivity contribution >= 4 is 11.9 Å². The molecular formula is C12H17NO4. The predicted molar refractivity (Wildman–Crippen MR) is 61.7 cm³/mol. The average Bonchev–Trinajstić information content (AvgIpc) is 2.76. The lowest BCUT2D eigenvalue weighted by Crippen LogP contribution is -2.32. The van der Waals surface area contributed by atoms with Crippen LogP contribution >= 0.6 is 0 Å². The van der Waals surface area contributed by atoms with Crippen molar-refractivity contribution in [3.05, 3.63) is 23.7 Å². The van der Waals surface area contributed by atoms with E-state index < -0.39 is 5.97 Å². The second-order valence-electron chi connectivity index (χ2n) is 3.59. The molecule has 0 saturated carbocycles. The molecule has 1 heterocycles. The van der Waals surface area contributed by atoms with Crippen molar-refractivity contribution in [2.75, 3.05) is 20.2 Å². The summed E-state index contributed by atoms with van der Waals surface area (Å²) in [6.45, 7) is 3.89. The van der Waals surface area contributed by atoms with Crippen molar-refractivity contribution in [1.82, 2.24) is 4.90 Å². The van der Waals surface area contributed by atoms with Gasteiger partial charge in [-0.25, -0.2) is 0 Å². The van der Waals surface area contributed by atoms with E-state index in [0.717, 1.165) is 12.2 Å². The molecule has 1 rings (SSSR count). The summed E-state index contributed by atoms with van der Waals surface area (Å²) in [6, 6.07) is 3.37. The molecule has 0 aromatic carbocycles. The predicted octanol–water partition coefficient (Wildman–Crippen LogP) is 1.48. The monoisotopic (exact) mass is 239 g/mol. The molecule has 0 spiro atoms. The quantitative estimate of drug-likeness (QED) is 0.730. The van der Waals surface area contributed by atoms with Gasteiger partial charge in [0.25, 0.3) is 5.91 Å². The molecule has 5 heteroatoms. The minimum absolute atomic E-state index is 0.0746.